The highest BCUT2D eigenvalue weighted by atomic mass is 16.5. The third-order valence-electron chi connectivity index (χ3n) is 11.0. The molecule has 2 N–H and O–H groups in total. The maximum Gasteiger partial charge on any atom is 0.161 e. The van der Waals surface area contributed by atoms with Gasteiger partial charge in [-0.1, -0.05) is 0 Å². The van der Waals surface area contributed by atoms with Gasteiger partial charge in [0.2, 0.25) is 0 Å². The Kier molecular flexibility index (Phi) is 13.0. The first-order chi connectivity index (χ1) is 26.4. The van der Waals surface area contributed by atoms with Crippen LogP contribution in [0.5, 0.6) is 46.0 Å². The second-order valence-corrected chi connectivity index (χ2v) is 13.9. The van der Waals surface area contributed by atoms with E-state index in [0.29, 0.717) is 0 Å². The third kappa shape index (κ3) is 8.30. The second kappa shape index (κ2) is 18.0. The molecule has 0 saturated carbocycles. The average Bonchev–Trinajstić information content (AvgIpc) is 3.21. The number of aryl methyl sites for hydroxylation is 2. The normalized spacial score (nSPS) is 16.1. The molecule has 54 heavy (non-hydrogen) atoms. The molecule has 0 bridgehead atoms. The Bertz CT molecular complexity index is 1770. The molecular formula is C44H56N2O8. The predicted octanol–water partition coefficient (Wildman–Crippen LogP) is 7.18. The zero-order chi connectivity index (χ0) is 38.2. The van der Waals surface area contributed by atoms with Gasteiger partial charge in [-0.15, -0.1) is 0 Å². The minimum absolute atomic E-state index is 0.124. The Balaban J connectivity index is 1.23. The summed E-state index contributed by atoms with van der Waals surface area (Å²) in [6.45, 7) is 1.79. The first-order valence-corrected chi connectivity index (χ1v) is 18.8. The molecule has 2 heterocycles. The number of methoxy groups -OCH3 is 8. The molecule has 0 spiro atoms. The van der Waals surface area contributed by atoms with Gasteiger partial charge >= 0.3 is 0 Å². The number of unbranched alkanes of at least 4 members (excludes halogenated alkanes) is 1. The van der Waals surface area contributed by atoms with Crippen LogP contribution in [0.2, 0.25) is 0 Å². The van der Waals surface area contributed by atoms with E-state index in [1.807, 2.05) is 0 Å². The van der Waals surface area contributed by atoms with Crippen molar-refractivity contribution >= 4 is 0 Å². The van der Waals surface area contributed by atoms with Crippen molar-refractivity contribution < 1.29 is 37.9 Å². The average molecular weight is 741 g/mol. The van der Waals surface area contributed by atoms with Gasteiger partial charge in [-0.25, -0.2) is 0 Å². The van der Waals surface area contributed by atoms with Gasteiger partial charge in [-0.3, -0.25) is 0 Å². The largest absolute Gasteiger partial charge is 0.493 e. The van der Waals surface area contributed by atoms with Gasteiger partial charge < -0.3 is 48.5 Å². The Morgan fingerprint density at radius 3 is 1.04 bits per heavy atom. The summed E-state index contributed by atoms with van der Waals surface area (Å²) < 4.78 is 45.7. The summed E-state index contributed by atoms with van der Waals surface area (Å²) in [7, 11) is 13.5. The molecule has 0 fully saturated rings. The van der Waals surface area contributed by atoms with Crippen LogP contribution in [0.1, 0.15) is 69.4 Å². The highest BCUT2D eigenvalue weighted by molar-refractivity contribution is 5.53. The SMILES string of the molecule is COc1cc(CCCCc2cc(OC)c(OC)cc2C[C@H]2NCCc3cc(OC)c(OC)cc32)c(C[C@@H]2NCCc3cc(OC)c(OC)cc32)cc1OC. The molecule has 0 radical (unpaired) electrons. The van der Waals surface area contributed by atoms with Crippen molar-refractivity contribution in [2.45, 2.75) is 63.5 Å². The Morgan fingerprint density at radius 2 is 0.704 bits per heavy atom. The van der Waals surface area contributed by atoms with Crippen LogP contribution in [0.4, 0.5) is 0 Å². The van der Waals surface area contributed by atoms with Crippen molar-refractivity contribution in [3.63, 3.8) is 0 Å². The fourth-order valence-corrected chi connectivity index (χ4v) is 8.14. The first kappa shape index (κ1) is 38.9. The molecule has 10 nitrogen and oxygen atoms in total. The highest BCUT2D eigenvalue weighted by Crippen LogP contribution is 2.41. The van der Waals surface area contributed by atoms with Crippen LogP contribution in [0.25, 0.3) is 0 Å². The van der Waals surface area contributed by atoms with Crippen molar-refractivity contribution in [2.24, 2.45) is 0 Å². The molecule has 2 aliphatic rings. The van der Waals surface area contributed by atoms with Crippen molar-refractivity contribution in [1.82, 2.24) is 10.6 Å². The lowest BCUT2D eigenvalue weighted by Gasteiger charge is -2.29. The summed E-state index contributed by atoms with van der Waals surface area (Å²) in [4.78, 5) is 0. The van der Waals surface area contributed by atoms with E-state index in [2.05, 4.69) is 59.2 Å². The summed E-state index contributed by atoms with van der Waals surface area (Å²) in [6.07, 6.45) is 7.31. The van der Waals surface area contributed by atoms with Gasteiger partial charge in [0.05, 0.1) is 56.9 Å². The molecule has 2 atom stereocenters. The second-order valence-electron chi connectivity index (χ2n) is 13.9. The van der Waals surface area contributed by atoms with Crippen LogP contribution < -0.4 is 48.5 Å². The summed E-state index contributed by atoms with van der Waals surface area (Å²) in [6, 6.07) is 17.4. The van der Waals surface area contributed by atoms with Crippen molar-refractivity contribution in [2.75, 3.05) is 70.0 Å². The Morgan fingerprint density at radius 1 is 0.407 bits per heavy atom. The quantitative estimate of drug-likeness (QED) is 0.108. The van der Waals surface area contributed by atoms with Crippen molar-refractivity contribution in [3.8, 4) is 46.0 Å². The van der Waals surface area contributed by atoms with E-state index in [0.717, 1.165) is 110 Å². The number of nitrogens with one attached hydrogen (secondary N) is 2. The fraction of sp³-hybridized carbons (Fsp3) is 0.455. The molecular weight excluding hydrogens is 684 g/mol. The molecule has 0 aliphatic carbocycles. The van der Waals surface area contributed by atoms with E-state index >= 15 is 0 Å². The number of hydrogen-bond donors (Lipinski definition) is 2. The zero-order valence-electron chi connectivity index (χ0n) is 33.1. The molecule has 4 aromatic carbocycles. The van der Waals surface area contributed by atoms with Gasteiger partial charge in [0.15, 0.2) is 46.0 Å². The van der Waals surface area contributed by atoms with E-state index < -0.39 is 0 Å². The van der Waals surface area contributed by atoms with E-state index in [1.54, 1.807) is 56.9 Å². The number of benzene rings is 4. The molecule has 4 aromatic rings. The molecule has 0 amide bonds. The Hall–Kier alpha value is -4.80. The standard InChI is InChI=1S/C44H56N2O8/c1-47-37-19-27(31(23-41(37)51-5)17-35-33-25-43(53-7)39(49-3)21-29(33)13-15-45-35)11-9-10-12-28-20-38(48-2)42(52-6)24-32(28)18-36-34-26-44(54-8)40(50-4)22-30(34)14-16-46-36/h19-26,35-36,45-46H,9-18H2,1-8H3/t35-,36+. The summed E-state index contributed by atoms with van der Waals surface area (Å²) >= 11 is 0. The topological polar surface area (TPSA) is 97.9 Å². The van der Waals surface area contributed by atoms with Crippen LogP contribution in [-0.4, -0.2) is 70.0 Å². The van der Waals surface area contributed by atoms with Crippen LogP contribution in [0.3, 0.4) is 0 Å². The lowest BCUT2D eigenvalue weighted by molar-refractivity contribution is 0.351. The number of hydrogen-bond acceptors (Lipinski definition) is 10. The van der Waals surface area contributed by atoms with Crippen LogP contribution in [-0.2, 0) is 38.5 Å². The van der Waals surface area contributed by atoms with Gasteiger partial charge in [-0.05, 0) is 157 Å². The van der Waals surface area contributed by atoms with Gasteiger partial charge in [0, 0.05) is 12.1 Å². The Labute approximate surface area is 320 Å². The highest BCUT2D eigenvalue weighted by Gasteiger charge is 2.26. The smallest absolute Gasteiger partial charge is 0.161 e. The molecule has 0 aromatic heterocycles. The third-order valence-corrected chi connectivity index (χ3v) is 11.0. The minimum Gasteiger partial charge on any atom is -0.493 e. The van der Waals surface area contributed by atoms with Gasteiger partial charge in [-0.2, -0.15) is 0 Å². The van der Waals surface area contributed by atoms with Crippen molar-refractivity contribution in [3.05, 3.63) is 93.0 Å². The maximum atomic E-state index is 5.78. The first-order valence-electron chi connectivity index (χ1n) is 18.8. The summed E-state index contributed by atoms with van der Waals surface area (Å²) in [5, 5.41) is 7.53. The minimum atomic E-state index is 0.124. The summed E-state index contributed by atoms with van der Waals surface area (Å²) in [5.74, 6) is 6.00. The molecule has 10 heteroatoms. The molecule has 0 unspecified atom stereocenters. The monoisotopic (exact) mass is 740 g/mol. The lowest BCUT2D eigenvalue weighted by atomic mass is 9.87. The molecule has 290 valence electrons. The fourth-order valence-electron chi connectivity index (χ4n) is 8.14. The number of rotatable bonds is 17. The van der Waals surface area contributed by atoms with Gasteiger partial charge in [0.1, 0.15) is 0 Å². The van der Waals surface area contributed by atoms with Crippen LogP contribution >= 0.6 is 0 Å². The van der Waals surface area contributed by atoms with Crippen molar-refractivity contribution in [1.29, 1.82) is 0 Å². The maximum absolute atomic E-state index is 5.78. The van der Waals surface area contributed by atoms with Crippen LogP contribution in [0, 0.1) is 0 Å². The zero-order valence-corrected chi connectivity index (χ0v) is 33.1. The van der Waals surface area contributed by atoms with E-state index in [9.17, 15) is 0 Å². The van der Waals surface area contributed by atoms with Crippen LogP contribution in [0.15, 0.2) is 48.5 Å². The van der Waals surface area contributed by atoms with E-state index in [4.69, 9.17) is 37.9 Å². The number of ether oxygens (including phenoxy) is 8. The number of fused-ring (bicyclic) bond motifs is 2. The van der Waals surface area contributed by atoms with E-state index in [-0.39, 0.29) is 12.1 Å². The molecule has 2 aliphatic heterocycles. The summed E-state index contributed by atoms with van der Waals surface area (Å²) in [5.41, 5.74) is 10.1. The molecule has 6 rings (SSSR count). The lowest BCUT2D eigenvalue weighted by Crippen LogP contribution is -2.31. The predicted molar refractivity (Wildman–Crippen MR) is 211 cm³/mol. The van der Waals surface area contributed by atoms with Gasteiger partial charge in [0.25, 0.3) is 0 Å². The van der Waals surface area contributed by atoms with E-state index in [1.165, 1.54) is 44.5 Å². The molecule has 0 saturated heterocycles.